The third kappa shape index (κ3) is 3.93. The van der Waals surface area contributed by atoms with Crippen LogP contribution in [0.4, 0.5) is 5.82 Å². The zero-order valence-electron chi connectivity index (χ0n) is 13.4. The minimum Gasteiger partial charge on any atom is -0.355 e. The second-order valence-corrected chi connectivity index (χ2v) is 6.31. The van der Waals surface area contributed by atoms with Crippen molar-refractivity contribution in [2.75, 3.05) is 18.2 Å². The molecule has 23 heavy (non-hydrogen) atoms. The lowest BCUT2D eigenvalue weighted by atomic mass is 10.3. The number of pyridine rings is 1. The predicted octanol–water partition coefficient (Wildman–Crippen LogP) is 3.77. The maximum absolute atomic E-state index is 4.54. The molecule has 4 nitrogen and oxygen atoms in total. The molecular formula is C18H20N4S. The predicted molar refractivity (Wildman–Crippen MR) is 97.1 cm³/mol. The Morgan fingerprint density at radius 3 is 2.57 bits per heavy atom. The van der Waals surface area contributed by atoms with E-state index in [0.29, 0.717) is 0 Å². The third-order valence-electron chi connectivity index (χ3n) is 3.59. The first-order valence-corrected chi connectivity index (χ1v) is 8.89. The summed E-state index contributed by atoms with van der Waals surface area (Å²) in [6.07, 6.45) is 8.03. The van der Waals surface area contributed by atoms with Crippen LogP contribution in [0.5, 0.6) is 0 Å². The maximum Gasteiger partial charge on any atom is 0.128 e. The SMILES string of the molecule is CSCc1ccc(N(C)Cc2cnn(-c3ccccc3)c2)nc1. The molecule has 0 radical (unpaired) electrons. The summed E-state index contributed by atoms with van der Waals surface area (Å²) >= 11 is 1.81. The Balaban J connectivity index is 1.68. The Kier molecular flexibility index (Phi) is 4.98. The highest BCUT2D eigenvalue weighted by atomic mass is 32.2. The summed E-state index contributed by atoms with van der Waals surface area (Å²) in [6, 6.07) is 14.4. The fourth-order valence-electron chi connectivity index (χ4n) is 2.41. The number of nitrogens with zero attached hydrogens (tertiary/aromatic N) is 4. The van der Waals surface area contributed by atoms with Crippen molar-refractivity contribution in [3.05, 3.63) is 72.2 Å². The summed E-state index contributed by atoms with van der Waals surface area (Å²) in [6.45, 7) is 0.779. The number of anilines is 1. The number of hydrogen-bond donors (Lipinski definition) is 0. The van der Waals surface area contributed by atoms with Crippen molar-refractivity contribution in [2.45, 2.75) is 12.3 Å². The molecule has 0 N–H and O–H groups in total. The van der Waals surface area contributed by atoms with Crippen molar-refractivity contribution in [3.8, 4) is 5.69 Å². The molecule has 0 aliphatic heterocycles. The molecular weight excluding hydrogens is 304 g/mol. The lowest BCUT2D eigenvalue weighted by Crippen LogP contribution is -2.17. The lowest BCUT2D eigenvalue weighted by molar-refractivity contribution is 0.875. The maximum atomic E-state index is 4.54. The van der Waals surface area contributed by atoms with E-state index in [4.69, 9.17) is 0 Å². The number of benzene rings is 1. The van der Waals surface area contributed by atoms with Crippen LogP contribution in [0.25, 0.3) is 5.69 Å². The molecule has 0 saturated carbocycles. The van der Waals surface area contributed by atoms with Gasteiger partial charge in [0.05, 0.1) is 11.9 Å². The first-order valence-electron chi connectivity index (χ1n) is 7.50. The van der Waals surface area contributed by atoms with Gasteiger partial charge in [-0.15, -0.1) is 0 Å². The zero-order chi connectivity index (χ0) is 16.1. The van der Waals surface area contributed by atoms with E-state index < -0.39 is 0 Å². The van der Waals surface area contributed by atoms with Gasteiger partial charge in [-0.25, -0.2) is 9.67 Å². The fraction of sp³-hybridized carbons (Fsp3) is 0.222. The van der Waals surface area contributed by atoms with Gasteiger partial charge in [0.1, 0.15) is 5.82 Å². The third-order valence-corrected chi connectivity index (χ3v) is 4.21. The van der Waals surface area contributed by atoms with E-state index in [0.717, 1.165) is 29.4 Å². The van der Waals surface area contributed by atoms with Gasteiger partial charge in [-0.1, -0.05) is 24.3 Å². The van der Waals surface area contributed by atoms with Gasteiger partial charge >= 0.3 is 0 Å². The molecule has 0 fully saturated rings. The monoisotopic (exact) mass is 324 g/mol. The Hall–Kier alpha value is -2.27. The van der Waals surface area contributed by atoms with Gasteiger partial charge in [-0.2, -0.15) is 16.9 Å². The van der Waals surface area contributed by atoms with E-state index in [9.17, 15) is 0 Å². The zero-order valence-corrected chi connectivity index (χ0v) is 14.2. The van der Waals surface area contributed by atoms with Gasteiger partial charge in [-0.05, 0) is 30.0 Å². The van der Waals surface area contributed by atoms with Crippen LogP contribution in [0, 0.1) is 0 Å². The fourth-order valence-corrected chi connectivity index (χ4v) is 2.92. The second kappa shape index (κ2) is 7.33. The summed E-state index contributed by atoms with van der Waals surface area (Å²) in [4.78, 5) is 6.68. The molecule has 0 aliphatic rings. The van der Waals surface area contributed by atoms with Crippen molar-refractivity contribution in [1.82, 2.24) is 14.8 Å². The highest BCUT2D eigenvalue weighted by Crippen LogP contribution is 2.16. The number of thioether (sulfide) groups is 1. The van der Waals surface area contributed by atoms with E-state index >= 15 is 0 Å². The van der Waals surface area contributed by atoms with Crippen LogP contribution in [-0.2, 0) is 12.3 Å². The van der Waals surface area contributed by atoms with Crippen molar-refractivity contribution in [3.63, 3.8) is 0 Å². The van der Waals surface area contributed by atoms with Gasteiger partial charge in [-0.3, -0.25) is 0 Å². The van der Waals surface area contributed by atoms with Gasteiger partial charge < -0.3 is 4.90 Å². The number of hydrogen-bond acceptors (Lipinski definition) is 4. The van der Waals surface area contributed by atoms with Gasteiger partial charge in [0, 0.05) is 37.3 Å². The highest BCUT2D eigenvalue weighted by Gasteiger charge is 2.06. The van der Waals surface area contributed by atoms with Gasteiger partial charge in [0.15, 0.2) is 0 Å². The van der Waals surface area contributed by atoms with Crippen LogP contribution >= 0.6 is 11.8 Å². The van der Waals surface area contributed by atoms with Crippen LogP contribution < -0.4 is 4.90 Å². The number of para-hydroxylation sites is 1. The second-order valence-electron chi connectivity index (χ2n) is 5.44. The average Bonchev–Trinajstić information content (AvgIpc) is 3.05. The highest BCUT2D eigenvalue weighted by molar-refractivity contribution is 7.97. The smallest absolute Gasteiger partial charge is 0.128 e. The largest absolute Gasteiger partial charge is 0.355 e. The van der Waals surface area contributed by atoms with E-state index in [1.165, 1.54) is 5.56 Å². The summed E-state index contributed by atoms with van der Waals surface area (Å²) in [5.74, 6) is 1.98. The standard InChI is InChI=1S/C18H20N4S/c1-21(18-9-8-15(10-19-18)14-23-2)12-16-11-20-22(13-16)17-6-4-3-5-7-17/h3-11,13H,12,14H2,1-2H3. The van der Waals surface area contributed by atoms with Crippen LogP contribution in [0.3, 0.4) is 0 Å². The van der Waals surface area contributed by atoms with Crippen molar-refractivity contribution >= 4 is 17.6 Å². The Morgan fingerprint density at radius 2 is 1.87 bits per heavy atom. The molecule has 0 bridgehead atoms. The van der Waals surface area contributed by atoms with Crippen LogP contribution in [-0.4, -0.2) is 28.1 Å². The van der Waals surface area contributed by atoms with E-state index in [2.05, 4.69) is 46.6 Å². The van der Waals surface area contributed by atoms with E-state index in [1.54, 1.807) is 0 Å². The van der Waals surface area contributed by atoms with E-state index in [-0.39, 0.29) is 0 Å². The number of rotatable bonds is 6. The molecule has 0 saturated heterocycles. The van der Waals surface area contributed by atoms with E-state index in [1.807, 2.05) is 59.2 Å². The van der Waals surface area contributed by atoms with Crippen LogP contribution in [0.15, 0.2) is 61.1 Å². The molecule has 0 amide bonds. The molecule has 0 spiro atoms. The molecule has 1 aromatic carbocycles. The molecule has 5 heteroatoms. The van der Waals surface area contributed by atoms with Crippen LogP contribution in [0.2, 0.25) is 0 Å². The molecule has 0 aliphatic carbocycles. The molecule has 2 aromatic heterocycles. The Bertz CT molecular complexity index is 737. The van der Waals surface area contributed by atoms with Gasteiger partial charge in [0.25, 0.3) is 0 Å². The molecule has 0 unspecified atom stereocenters. The summed E-state index contributed by atoms with van der Waals surface area (Å²) in [5, 5.41) is 4.44. The minimum atomic E-state index is 0.779. The summed E-state index contributed by atoms with van der Waals surface area (Å²) in [7, 11) is 2.05. The molecule has 3 aromatic rings. The molecule has 2 heterocycles. The van der Waals surface area contributed by atoms with Crippen molar-refractivity contribution in [1.29, 1.82) is 0 Å². The summed E-state index contributed by atoms with van der Waals surface area (Å²) < 4.78 is 1.90. The van der Waals surface area contributed by atoms with Crippen LogP contribution in [0.1, 0.15) is 11.1 Å². The normalized spacial score (nSPS) is 10.7. The Labute approximate surface area is 141 Å². The molecule has 0 atom stereocenters. The molecule has 3 rings (SSSR count). The van der Waals surface area contributed by atoms with Crippen molar-refractivity contribution in [2.24, 2.45) is 0 Å². The lowest BCUT2D eigenvalue weighted by Gasteiger charge is -2.17. The number of aromatic nitrogens is 3. The quantitative estimate of drug-likeness (QED) is 0.691. The first kappa shape index (κ1) is 15.6. The topological polar surface area (TPSA) is 34.0 Å². The van der Waals surface area contributed by atoms with Gasteiger partial charge in [0.2, 0.25) is 0 Å². The first-order chi connectivity index (χ1) is 11.3. The molecule has 118 valence electrons. The van der Waals surface area contributed by atoms with Crippen molar-refractivity contribution < 1.29 is 0 Å². The minimum absolute atomic E-state index is 0.779. The average molecular weight is 324 g/mol. The Morgan fingerprint density at radius 1 is 1.04 bits per heavy atom. The summed E-state index contributed by atoms with van der Waals surface area (Å²) in [5.41, 5.74) is 3.49.